The fourth-order valence-electron chi connectivity index (χ4n) is 0.918. The van der Waals surface area contributed by atoms with Crippen molar-refractivity contribution in [2.24, 2.45) is 0 Å². The molecule has 2 radical (unpaired) electrons. The van der Waals surface area contributed by atoms with Crippen molar-refractivity contribution in [2.75, 3.05) is 0 Å². The molecule has 0 aromatic carbocycles. The molecular weight excluding hydrogens is 274 g/mol. The van der Waals surface area contributed by atoms with Crippen LogP contribution in [0.25, 0.3) is 0 Å². The minimum Gasteiger partial charge on any atom is -0.220 e. The average Bonchev–Trinajstić information content (AvgIpc) is 2.13. The normalized spacial score (nSPS) is 18.4. The van der Waals surface area contributed by atoms with Gasteiger partial charge in [-0.25, -0.2) is 13.2 Å². The molecule has 0 aliphatic carbocycles. The van der Waals surface area contributed by atoms with E-state index in [0.29, 0.717) is 0 Å². The van der Waals surface area contributed by atoms with E-state index in [1.54, 1.807) is 0 Å². The Kier molecular flexibility index (Phi) is 4.03. The van der Waals surface area contributed by atoms with Crippen LogP contribution in [-0.2, 0) is 0 Å². The van der Waals surface area contributed by atoms with E-state index in [1.165, 1.54) is 0 Å². The first-order valence-corrected chi connectivity index (χ1v) is 3.74. The highest BCUT2D eigenvalue weighted by atomic mass is 19.4. The quantitative estimate of drug-likeness (QED) is 0.677. The third-order valence-corrected chi connectivity index (χ3v) is 1.88. The Morgan fingerprint density at radius 1 is 0.824 bits per heavy atom. The van der Waals surface area contributed by atoms with E-state index in [2.05, 4.69) is 6.92 Å². The molecule has 0 aliphatic rings. The molecule has 1 atom stereocenters. The van der Waals surface area contributed by atoms with E-state index in [1.807, 2.05) is 0 Å². The lowest BCUT2D eigenvalue weighted by atomic mass is 9.88. The van der Waals surface area contributed by atoms with Crippen LogP contribution < -0.4 is 0 Å². The fraction of sp³-hybridized carbons (Fsp3) is 0.714. The van der Waals surface area contributed by atoms with Crippen molar-refractivity contribution >= 4 is 0 Å². The third kappa shape index (κ3) is 2.17. The summed E-state index contributed by atoms with van der Waals surface area (Å²) < 4.78 is 122. The highest BCUT2D eigenvalue weighted by molar-refractivity contribution is 5.14. The van der Waals surface area contributed by atoms with Gasteiger partial charge >= 0.3 is 24.2 Å². The second-order valence-corrected chi connectivity index (χ2v) is 2.95. The summed E-state index contributed by atoms with van der Waals surface area (Å²) in [6, 6.07) is 0. The highest BCUT2D eigenvalue weighted by Gasteiger charge is 2.85. The molecule has 102 valence electrons. The van der Waals surface area contributed by atoms with Crippen LogP contribution in [0, 0.1) is 13.3 Å². The molecule has 0 saturated heterocycles. The van der Waals surface area contributed by atoms with Crippen LogP contribution in [0.2, 0.25) is 0 Å². The summed E-state index contributed by atoms with van der Waals surface area (Å²) in [6.07, 6.45) is -13.6. The summed E-state index contributed by atoms with van der Waals surface area (Å²) in [5, 5.41) is 0. The summed E-state index contributed by atoms with van der Waals surface area (Å²) >= 11 is 0. The van der Waals surface area contributed by atoms with Crippen molar-refractivity contribution in [3.63, 3.8) is 0 Å². The van der Waals surface area contributed by atoms with E-state index in [-0.39, 0.29) is 0 Å². The van der Waals surface area contributed by atoms with Crippen LogP contribution in [0.4, 0.5) is 43.9 Å². The van der Waals surface area contributed by atoms with Crippen LogP contribution in [0.1, 0.15) is 6.42 Å². The number of alkyl halides is 8. The molecule has 0 N–H and O–H groups in total. The smallest absolute Gasteiger partial charge is 0.220 e. The topological polar surface area (TPSA) is 0 Å². The standard InChI is InChI=1S/C7H4F10/c1-2-4(10,11)6(14,7(15,16)17)5(12,13)3(8)9/h1-2H2. The van der Waals surface area contributed by atoms with Crippen molar-refractivity contribution in [3.05, 3.63) is 13.3 Å². The highest BCUT2D eigenvalue weighted by Crippen LogP contribution is 2.58. The summed E-state index contributed by atoms with van der Waals surface area (Å²) in [5.74, 6) is -12.5. The average molecular weight is 278 g/mol. The van der Waals surface area contributed by atoms with Gasteiger partial charge in [0.05, 0.1) is 0 Å². The molecule has 0 heterocycles. The van der Waals surface area contributed by atoms with Crippen LogP contribution in [0.15, 0.2) is 0 Å². The Bertz CT molecular complexity index is 266. The van der Waals surface area contributed by atoms with Crippen molar-refractivity contribution in [2.45, 2.75) is 30.1 Å². The second kappa shape index (κ2) is 4.20. The number of hydrogen-bond acceptors (Lipinski definition) is 0. The molecule has 0 aromatic heterocycles. The SMILES string of the molecule is [CH2]CC(F)(F)C(F)(C(F)(F)F)C(F)(F)[C](F)F. The summed E-state index contributed by atoms with van der Waals surface area (Å²) in [7, 11) is 0. The van der Waals surface area contributed by atoms with E-state index >= 15 is 0 Å². The van der Waals surface area contributed by atoms with E-state index in [0.717, 1.165) is 0 Å². The Balaban J connectivity index is 5.93. The fourth-order valence-corrected chi connectivity index (χ4v) is 0.918. The minimum atomic E-state index is -6.90. The monoisotopic (exact) mass is 278 g/mol. The maximum absolute atomic E-state index is 12.9. The van der Waals surface area contributed by atoms with Crippen LogP contribution in [0.5, 0.6) is 0 Å². The van der Waals surface area contributed by atoms with Gasteiger partial charge in [-0.3, -0.25) is 0 Å². The first-order chi connectivity index (χ1) is 7.25. The molecule has 0 amide bonds. The van der Waals surface area contributed by atoms with Gasteiger partial charge in [-0.15, -0.1) is 0 Å². The number of hydrogen-bond donors (Lipinski definition) is 0. The van der Waals surface area contributed by atoms with E-state index < -0.39 is 36.5 Å². The second-order valence-electron chi connectivity index (χ2n) is 2.95. The summed E-state index contributed by atoms with van der Waals surface area (Å²) in [6.45, 7) is 2.13. The Hall–Kier alpha value is -0.700. The lowest BCUT2D eigenvalue weighted by Gasteiger charge is -2.38. The van der Waals surface area contributed by atoms with Gasteiger partial charge in [0, 0.05) is 6.42 Å². The first-order valence-electron chi connectivity index (χ1n) is 3.74. The molecule has 1 unspecified atom stereocenters. The molecular formula is C7H4F10. The summed E-state index contributed by atoms with van der Waals surface area (Å²) in [5.41, 5.74) is -6.71. The zero-order valence-corrected chi connectivity index (χ0v) is 7.69. The van der Waals surface area contributed by atoms with Gasteiger partial charge in [-0.2, -0.15) is 30.7 Å². The lowest BCUT2D eigenvalue weighted by Crippen LogP contribution is -2.66. The molecule has 0 aliphatic heterocycles. The van der Waals surface area contributed by atoms with Gasteiger partial charge < -0.3 is 0 Å². The lowest BCUT2D eigenvalue weighted by molar-refractivity contribution is -0.370. The van der Waals surface area contributed by atoms with Gasteiger partial charge in [0.25, 0.3) is 5.92 Å². The van der Waals surface area contributed by atoms with Gasteiger partial charge in [0.1, 0.15) is 0 Å². The van der Waals surface area contributed by atoms with Crippen molar-refractivity contribution in [1.29, 1.82) is 0 Å². The Morgan fingerprint density at radius 3 is 1.35 bits per heavy atom. The predicted octanol–water partition coefficient (Wildman–Crippen LogP) is 4.18. The number of halogens is 10. The summed E-state index contributed by atoms with van der Waals surface area (Å²) in [4.78, 5) is 0. The van der Waals surface area contributed by atoms with Crippen LogP contribution in [0.3, 0.4) is 0 Å². The predicted molar refractivity (Wildman–Crippen MR) is 35.2 cm³/mol. The van der Waals surface area contributed by atoms with Crippen molar-refractivity contribution in [3.8, 4) is 0 Å². The molecule has 0 bridgehead atoms. The molecule has 0 spiro atoms. The van der Waals surface area contributed by atoms with Crippen molar-refractivity contribution in [1.82, 2.24) is 0 Å². The Morgan fingerprint density at radius 2 is 1.18 bits per heavy atom. The van der Waals surface area contributed by atoms with Crippen molar-refractivity contribution < 1.29 is 43.9 Å². The third-order valence-electron chi connectivity index (χ3n) is 1.88. The molecule has 0 fully saturated rings. The first kappa shape index (κ1) is 16.3. The largest absolute Gasteiger partial charge is 0.434 e. The van der Waals surface area contributed by atoms with Gasteiger partial charge in [-0.05, 0) is 6.92 Å². The van der Waals surface area contributed by atoms with Gasteiger partial charge in [0.2, 0.25) is 0 Å². The molecule has 0 nitrogen and oxygen atoms in total. The van der Waals surface area contributed by atoms with E-state index in [4.69, 9.17) is 0 Å². The molecule has 0 saturated carbocycles. The molecule has 0 aromatic rings. The van der Waals surface area contributed by atoms with Gasteiger partial charge in [-0.1, -0.05) is 0 Å². The maximum atomic E-state index is 12.9. The zero-order valence-electron chi connectivity index (χ0n) is 7.69. The van der Waals surface area contributed by atoms with E-state index in [9.17, 15) is 43.9 Å². The van der Waals surface area contributed by atoms with Crippen LogP contribution in [-0.4, -0.2) is 23.7 Å². The maximum Gasteiger partial charge on any atom is 0.434 e. The zero-order chi connectivity index (χ0) is 14.3. The van der Waals surface area contributed by atoms with Gasteiger partial charge in [0.15, 0.2) is 0 Å². The molecule has 0 rings (SSSR count). The minimum absolute atomic E-state index is 2.13. The Labute approximate surface area is 88.6 Å². The molecule has 17 heavy (non-hydrogen) atoms. The number of rotatable bonds is 4. The molecule has 10 heteroatoms. The van der Waals surface area contributed by atoms with Crippen LogP contribution >= 0.6 is 0 Å².